The van der Waals surface area contributed by atoms with Crippen molar-refractivity contribution >= 4 is 28.9 Å². The molecule has 0 aliphatic rings. The Morgan fingerprint density at radius 2 is 1.76 bits per heavy atom. The number of anilines is 1. The molecule has 2 aromatic rings. The number of thiocarbonyl (C=S) groups is 1. The summed E-state index contributed by atoms with van der Waals surface area (Å²) >= 11 is 5.13. The molecule has 3 N–H and O–H groups in total. The van der Waals surface area contributed by atoms with Crippen LogP contribution in [0, 0.1) is 0 Å². The van der Waals surface area contributed by atoms with Gasteiger partial charge in [-0.05, 0) is 54.9 Å². The van der Waals surface area contributed by atoms with Crippen LogP contribution >= 0.6 is 12.2 Å². The fourth-order valence-electron chi connectivity index (χ4n) is 2.10. The Labute approximate surface area is 153 Å². The number of rotatable bonds is 7. The predicted molar refractivity (Wildman–Crippen MR) is 104 cm³/mol. The summed E-state index contributed by atoms with van der Waals surface area (Å²) in [6, 6.07) is 17.3. The Morgan fingerprint density at radius 3 is 2.44 bits per heavy atom. The summed E-state index contributed by atoms with van der Waals surface area (Å²) in [5, 5.41) is 3.33. The Kier molecular flexibility index (Phi) is 7.72. The average Bonchev–Trinajstić information content (AvgIpc) is 2.64. The summed E-state index contributed by atoms with van der Waals surface area (Å²) in [5.74, 6) is 0.734. The predicted octanol–water partition coefficient (Wildman–Crippen LogP) is 3.43. The fraction of sp³-hybridized carbons (Fsp3) is 0.263. The van der Waals surface area contributed by atoms with Gasteiger partial charge in [-0.3, -0.25) is 15.6 Å². The van der Waals surface area contributed by atoms with E-state index in [1.165, 1.54) is 0 Å². The van der Waals surface area contributed by atoms with Gasteiger partial charge in [0.2, 0.25) is 5.91 Å². The molecule has 6 heteroatoms. The smallest absolute Gasteiger partial charge is 0.238 e. The molecule has 0 fully saturated rings. The Morgan fingerprint density at radius 1 is 1.04 bits per heavy atom. The lowest BCUT2D eigenvalue weighted by Crippen LogP contribution is -2.43. The normalized spacial score (nSPS) is 9.96. The summed E-state index contributed by atoms with van der Waals surface area (Å²) in [7, 11) is 0. The van der Waals surface area contributed by atoms with Gasteiger partial charge in [-0.1, -0.05) is 37.3 Å². The summed E-state index contributed by atoms with van der Waals surface area (Å²) < 4.78 is 5.54. The second kappa shape index (κ2) is 10.3. The minimum Gasteiger partial charge on any atom is -0.494 e. The van der Waals surface area contributed by atoms with Gasteiger partial charge < -0.3 is 10.1 Å². The van der Waals surface area contributed by atoms with Crippen LogP contribution in [0.25, 0.3) is 0 Å². The number of para-hydroxylation sites is 1. The number of carbonyl (C=O) groups excluding carboxylic acids is 1. The molecule has 0 aliphatic carbocycles. The molecule has 2 rings (SSSR count). The van der Waals surface area contributed by atoms with Crippen molar-refractivity contribution in [2.45, 2.75) is 26.2 Å². The largest absolute Gasteiger partial charge is 0.494 e. The third-order valence-electron chi connectivity index (χ3n) is 3.38. The van der Waals surface area contributed by atoms with E-state index in [9.17, 15) is 4.79 Å². The van der Waals surface area contributed by atoms with Crippen molar-refractivity contribution in [1.82, 2.24) is 10.9 Å². The van der Waals surface area contributed by atoms with Crippen LogP contribution in [0.15, 0.2) is 54.6 Å². The molecule has 0 unspecified atom stereocenters. The van der Waals surface area contributed by atoms with Gasteiger partial charge in [0.1, 0.15) is 5.75 Å². The second-order valence-electron chi connectivity index (χ2n) is 5.49. The summed E-state index contributed by atoms with van der Waals surface area (Å²) in [5.41, 5.74) is 7.24. The molecule has 0 saturated heterocycles. The topological polar surface area (TPSA) is 62.4 Å². The van der Waals surface area contributed by atoms with Crippen molar-refractivity contribution in [2.75, 3.05) is 11.9 Å². The highest BCUT2D eigenvalue weighted by Gasteiger charge is 2.04. The fourth-order valence-corrected chi connectivity index (χ4v) is 2.27. The number of amides is 1. The van der Waals surface area contributed by atoms with Crippen LogP contribution in [0.4, 0.5) is 5.69 Å². The van der Waals surface area contributed by atoms with Crippen LogP contribution < -0.4 is 20.9 Å². The molecule has 132 valence electrons. The lowest BCUT2D eigenvalue weighted by molar-refractivity contribution is -0.121. The molecule has 0 aromatic heterocycles. The van der Waals surface area contributed by atoms with E-state index in [1.54, 1.807) is 0 Å². The molecule has 1 amide bonds. The van der Waals surface area contributed by atoms with E-state index in [2.05, 4.69) is 23.1 Å². The Hall–Kier alpha value is -2.60. The van der Waals surface area contributed by atoms with Crippen molar-refractivity contribution in [3.63, 3.8) is 0 Å². The first-order chi connectivity index (χ1) is 12.2. The van der Waals surface area contributed by atoms with Crippen LogP contribution in [0.5, 0.6) is 5.75 Å². The van der Waals surface area contributed by atoms with Gasteiger partial charge in [0.15, 0.2) is 5.11 Å². The number of hydrogen-bond donors (Lipinski definition) is 3. The molecule has 0 saturated carbocycles. The molecule has 25 heavy (non-hydrogen) atoms. The Balaban J connectivity index is 1.67. The highest BCUT2D eigenvalue weighted by molar-refractivity contribution is 7.80. The molecule has 0 heterocycles. The molecule has 5 nitrogen and oxygen atoms in total. The van der Waals surface area contributed by atoms with Gasteiger partial charge >= 0.3 is 0 Å². The van der Waals surface area contributed by atoms with Crippen molar-refractivity contribution in [1.29, 1.82) is 0 Å². The van der Waals surface area contributed by atoms with Gasteiger partial charge in [0.05, 0.1) is 6.61 Å². The third-order valence-corrected chi connectivity index (χ3v) is 3.59. The van der Waals surface area contributed by atoms with Crippen LogP contribution in [0.1, 0.15) is 25.3 Å². The second-order valence-corrected chi connectivity index (χ2v) is 5.89. The molecule has 0 atom stereocenters. The minimum atomic E-state index is -0.122. The molecule has 0 spiro atoms. The molecule has 0 bridgehead atoms. The maximum absolute atomic E-state index is 11.9. The quantitative estimate of drug-likeness (QED) is 0.523. The van der Waals surface area contributed by atoms with Crippen LogP contribution in [-0.4, -0.2) is 17.6 Å². The zero-order valence-electron chi connectivity index (χ0n) is 14.2. The number of ether oxygens (including phenoxy) is 1. The van der Waals surface area contributed by atoms with E-state index >= 15 is 0 Å². The van der Waals surface area contributed by atoms with Crippen molar-refractivity contribution in [3.05, 3.63) is 60.2 Å². The van der Waals surface area contributed by atoms with E-state index < -0.39 is 0 Å². The lowest BCUT2D eigenvalue weighted by atomic mass is 10.1. The third kappa shape index (κ3) is 7.22. The molecule has 2 aromatic carbocycles. The van der Waals surface area contributed by atoms with E-state index in [4.69, 9.17) is 17.0 Å². The lowest BCUT2D eigenvalue weighted by Gasteiger charge is -2.11. The van der Waals surface area contributed by atoms with E-state index in [-0.39, 0.29) is 5.91 Å². The number of benzene rings is 2. The monoisotopic (exact) mass is 357 g/mol. The summed E-state index contributed by atoms with van der Waals surface area (Å²) in [4.78, 5) is 11.9. The first-order valence-corrected chi connectivity index (χ1v) is 8.71. The van der Waals surface area contributed by atoms with Gasteiger partial charge in [0.25, 0.3) is 0 Å². The SMILES string of the molecule is CCCOc1ccc(CCC(=O)NNC(=S)Nc2ccccc2)cc1. The number of nitrogens with one attached hydrogen (secondary N) is 3. The van der Waals surface area contributed by atoms with Gasteiger partial charge in [-0.25, -0.2) is 0 Å². The summed E-state index contributed by atoms with van der Waals surface area (Å²) in [6.07, 6.45) is 2.01. The highest BCUT2D eigenvalue weighted by Crippen LogP contribution is 2.13. The first-order valence-electron chi connectivity index (χ1n) is 8.30. The maximum Gasteiger partial charge on any atom is 0.238 e. The average molecular weight is 357 g/mol. The van der Waals surface area contributed by atoms with Crippen LogP contribution in [-0.2, 0) is 11.2 Å². The van der Waals surface area contributed by atoms with Crippen LogP contribution in [0.3, 0.4) is 0 Å². The van der Waals surface area contributed by atoms with Crippen LogP contribution in [0.2, 0.25) is 0 Å². The molecule has 0 aliphatic heterocycles. The molecular weight excluding hydrogens is 334 g/mol. The number of carbonyl (C=O) groups is 1. The molecule has 0 radical (unpaired) electrons. The van der Waals surface area contributed by atoms with E-state index in [0.717, 1.165) is 23.4 Å². The first kappa shape index (κ1) is 18.7. The number of aryl methyl sites for hydroxylation is 1. The van der Waals surface area contributed by atoms with Crippen molar-refractivity contribution in [2.24, 2.45) is 0 Å². The van der Waals surface area contributed by atoms with E-state index in [1.807, 2.05) is 54.6 Å². The van der Waals surface area contributed by atoms with Crippen molar-refractivity contribution < 1.29 is 9.53 Å². The standard InChI is InChI=1S/C19H23N3O2S/c1-2-14-24-17-11-8-15(9-12-17)10-13-18(23)21-22-19(25)20-16-6-4-3-5-7-16/h3-9,11-12H,2,10,13-14H2,1H3,(H,21,23)(H2,20,22,25). The summed E-state index contributed by atoms with van der Waals surface area (Å²) in [6.45, 7) is 2.78. The van der Waals surface area contributed by atoms with E-state index in [0.29, 0.717) is 24.6 Å². The Bertz CT molecular complexity index is 675. The van der Waals surface area contributed by atoms with Crippen molar-refractivity contribution in [3.8, 4) is 5.75 Å². The van der Waals surface area contributed by atoms with Gasteiger partial charge in [-0.2, -0.15) is 0 Å². The minimum absolute atomic E-state index is 0.122. The maximum atomic E-state index is 11.9. The van der Waals surface area contributed by atoms with Gasteiger partial charge in [0, 0.05) is 12.1 Å². The highest BCUT2D eigenvalue weighted by atomic mass is 32.1. The van der Waals surface area contributed by atoms with Gasteiger partial charge in [-0.15, -0.1) is 0 Å². The molecular formula is C19H23N3O2S. The number of hydrogen-bond acceptors (Lipinski definition) is 3. The zero-order chi connectivity index (χ0) is 17.9. The number of hydrazine groups is 1. The zero-order valence-corrected chi connectivity index (χ0v) is 15.1.